The van der Waals surface area contributed by atoms with Crippen LogP contribution in [0.25, 0.3) is 0 Å². The number of nitrogens with one attached hydrogen (secondary N) is 2. The maximum Gasteiger partial charge on any atom is 0.407 e. The van der Waals surface area contributed by atoms with Crippen LogP contribution in [0.5, 0.6) is 0 Å². The summed E-state index contributed by atoms with van der Waals surface area (Å²) in [4.78, 5) is 46.9. The molecule has 0 spiro atoms. The lowest BCUT2D eigenvalue weighted by atomic mass is 9.84. The molecule has 0 saturated carbocycles. The Hall–Kier alpha value is -2.57. The number of alkyl carbamates (subject to hydrolysis) is 1. The number of rotatable bonds is 7. The van der Waals surface area contributed by atoms with E-state index in [9.17, 15) is 18.8 Å². The van der Waals surface area contributed by atoms with Gasteiger partial charge in [-0.15, -0.1) is 0 Å². The molecule has 2 aromatic rings. The Morgan fingerprint density at radius 3 is 2.54 bits per heavy atom. The van der Waals surface area contributed by atoms with Crippen LogP contribution in [0, 0.1) is 11.7 Å². The molecule has 3 N–H and O–H groups in total. The molecule has 39 heavy (non-hydrogen) atoms. The molecular weight excluding hydrogens is 585 g/mol. The summed E-state index contributed by atoms with van der Waals surface area (Å²) in [5, 5.41) is 5.65. The van der Waals surface area contributed by atoms with E-state index in [0.717, 1.165) is 18.5 Å². The van der Waals surface area contributed by atoms with E-state index >= 15 is 0 Å². The van der Waals surface area contributed by atoms with Crippen molar-refractivity contribution in [3.8, 4) is 0 Å². The van der Waals surface area contributed by atoms with Gasteiger partial charge in [0.25, 0.3) is 5.91 Å². The van der Waals surface area contributed by atoms with E-state index in [1.807, 2.05) is 39.9 Å². The van der Waals surface area contributed by atoms with Crippen molar-refractivity contribution in [3.63, 3.8) is 0 Å². The third-order valence-corrected chi connectivity index (χ3v) is 11.4. The summed E-state index contributed by atoms with van der Waals surface area (Å²) in [5.74, 6) is -0.945. The maximum absolute atomic E-state index is 13.6. The van der Waals surface area contributed by atoms with Gasteiger partial charge in [-0.2, -0.15) is 0 Å². The molecule has 1 saturated heterocycles. The fraction of sp³-hybridized carbons (Fsp3) is 0.556. The minimum atomic E-state index is -2.47. The number of carbonyl (C=O) groups is 2. The Bertz CT molecular complexity index is 1200. The van der Waals surface area contributed by atoms with Crippen LogP contribution < -0.4 is 15.5 Å². The van der Waals surface area contributed by atoms with Crippen LogP contribution in [-0.2, 0) is 4.74 Å². The van der Waals surface area contributed by atoms with Gasteiger partial charge in [-0.05, 0) is 91.8 Å². The number of piperidine rings is 1. The van der Waals surface area contributed by atoms with E-state index in [1.54, 1.807) is 12.4 Å². The SMILES string of the molecule is CC(C)(C)OC(=O)N[C@@H]1CN(c2ccncc2NC(=O)c2ccc(F)c(Br)n2)CC[C@H]1CC(C)(C)[Si](C)(C)O. The Kier molecular flexibility index (Phi) is 9.44. The Labute approximate surface area is 239 Å². The molecule has 0 aliphatic carbocycles. The third-order valence-electron chi connectivity index (χ3n) is 7.31. The van der Waals surface area contributed by atoms with E-state index in [1.165, 1.54) is 12.1 Å². The van der Waals surface area contributed by atoms with Gasteiger partial charge in [0.15, 0.2) is 14.1 Å². The van der Waals surface area contributed by atoms with Crippen molar-refractivity contribution in [2.75, 3.05) is 23.3 Å². The molecule has 3 rings (SSSR count). The lowest BCUT2D eigenvalue weighted by molar-refractivity contribution is 0.0474. The molecule has 2 aromatic heterocycles. The molecule has 0 aromatic carbocycles. The van der Waals surface area contributed by atoms with E-state index in [-0.39, 0.29) is 27.3 Å². The molecule has 2 atom stereocenters. The lowest BCUT2D eigenvalue weighted by Crippen LogP contribution is -2.55. The van der Waals surface area contributed by atoms with Crippen LogP contribution in [0.1, 0.15) is 57.9 Å². The van der Waals surface area contributed by atoms with Gasteiger partial charge in [0, 0.05) is 19.3 Å². The maximum atomic E-state index is 13.6. The Balaban J connectivity index is 1.85. The summed E-state index contributed by atoms with van der Waals surface area (Å²) >= 11 is 3.01. The molecular formula is C27H39BrFN5O4Si. The van der Waals surface area contributed by atoms with Crippen molar-refractivity contribution in [3.05, 3.63) is 46.7 Å². The zero-order valence-electron chi connectivity index (χ0n) is 23.6. The number of aromatic nitrogens is 2. The predicted octanol–water partition coefficient (Wildman–Crippen LogP) is 5.72. The number of pyridine rings is 2. The number of halogens is 2. The van der Waals surface area contributed by atoms with Crippen LogP contribution in [0.4, 0.5) is 20.6 Å². The fourth-order valence-electron chi connectivity index (χ4n) is 4.48. The average Bonchev–Trinajstić information content (AvgIpc) is 2.80. The van der Waals surface area contributed by atoms with Gasteiger partial charge in [-0.1, -0.05) is 13.8 Å². The van der Waals surface area contributed by atoms with Gasteiger partial charge >= 0.3 is 6.09 Å². The number of anilines is 2. The standard InChI is InChI=1S/C27H39BrFN5O4Si/c1-26(2,3)38-25(36)33-21-16-34(13-11-17(21)14-27(4,5)39(6,7)37)22-10-12-30-15-20(22)32-24(35)19-9-8-18(29)23(28)31-19/h8-10,12,15,17,21,37H,11,13-14,16H2,1-7H3,(H,32,35)(H,33,36)/t17-,21+/m0/s1. The number of carbonyl (C=O) groups excluding carboxylic acids is 2. The van der Waals surface area contributed by atoms with E-state index < -0.39 is 31.7 Å². The number of amides is 2. The van der Waals surface area contributed by atoms with Crippen LogP contribution in [0.15, 0.2) is 35.2 Å². The minimum Gasteiger partial charge on any atom is -0.444 e. The highest BCUT2D eigenvalue weighted by atomic mass is 79.9. The van der Waals surface area contributed by atoms with E-state index in [2.05, 4.69) is 55.3 Å². The molecule has 214 valence electrons. The van der Waals surface area contributed by atoms with Crippen molar-refractivity contribution in [1.82, 2.24) is 15.3 Å². The second kappa shape index (κ2) is 11.9. The summed E-state index contributed by atoms with van der Waals surface area (Å²) in [6, 6.07) is 4.04. The van der Waals surface area contributed by atoms with Crippen LogP contribution >= 0.6 is 15.9 Å². The molecule has 1 aliphatic heterocycles. The molecule has 2 amide bonds. The Morgan fingerprint density at radius 1 is 1.23 bits per heavy atom. The smallest absolute Gasteiger partial charge is 0.407 e. The highest BCUT2D eigenvalue weighted by Crippen LogP contribution is 2.44. The Morgan fingerprint density at radius 2 is 1.92 bits per heavy atom. The van der Waals surface area contributed by atoms with E-state index in [4.69, 9.17) is 4.74 Å². The lowest BCUT2D eigenvalue weighted by Gasteiger charge is -2.45. The summed E-state index contributed by atoms with van der Waals surface area (Å²) in [6.45, 7) is 14.7. The first-order valence-corrected chi connectivity index (χ1v) is 16.7. The second-order valence-electron chi connectivity index (χ2n) is 12.2. The minimum absolute atomic E-state index is 0.0447. The van der Waals surface area contributed by atoms with Crippen molar-refractivity contribution in [2.24, 2.45) is 5.92 Å². The molecule has 0 unspecified atom stereocenters. The van der Waals surface area contributed by atoms with Gasteiger partial charge in [0.1, 0.15) is 15.9 Å². The summed E-state index contributed by atoms with van der Waals surface area (Å²) < 4.78 is 19.1. The van der Waals surface area contributed by atoms with Crippen LogP contribution in [0.3, 0.4) is 0 Å². The zero-order valence-corrected chi connectivity index (χ0v) is 26.2. The van der Waals surface area contributed by atoms with Gasteiger partial charge < -0.3 is 25.1 Å². The molecule has 1 fully saturated rings. The monoisotopic (exact) mass is 623 g/mol. The topological polar surface area (TPSA) is 117 Å². The third kappa shape index (κ3) is 8.21. The quantitative estimate of drug-likeness (QED) is 0.267. The van der Waals surface area contributed by atoms with Crippen molar-refractivity contribution < 1.29 is 23.5 Å². The van der Waals surface area contributed by atoms with Crippen molar-refractivity contribution >= 4 is 47.6 Å². The summed E-state index contributed by atoms with van der Waals surface area (Å²) in [5.41, 5.74) is 0.631. The number of hydrogen-bond acceptors (Lipinski definition) is 7. The number of nitrogens with zero attached hydrogens (tertiary/aromatic N) is 3. The number of hydrogen-bond donors (Lipinski definition) is 3. The largest absolute Gasteiger partial charge is 0.444 e. The normalized spacial score (nSPS) is 18.5. The van der Waals surface area contributed by atoms with Gasteiger partial charge in [-0.25, -0.2) is 14.2 Å². The molecule has 12 heteroatoms. The van der Waals surface area contributed by atoms with Gasteiger partial charge in [0.2, 0.25) is 0 Å². The first kappa shape index (κ1) is 31.0. The molecule has 0 bridgehead atoms. The highest BCUT2D eigenvalue weighted by molar-refractivity contribution is 9.10. The van der Waals surface area contributed by atoms with E-state index in [0.29, 0.717) is 18.8 Å². The first-order valence-electron chi connectivity index (χ1n) is 13.0. The molecule has 9 nitrogen and oxygen atoms in total. The molecule has 0 radical (unpaired) electrons. The molecule has 1 aliphatic rings. The van der Waals surface area contributed by atoms with Crippen LogP contribution in [0.2, 0.25) is 18.1 Å². The summed E-state index contributed by atoms with van der Waals surface area (Å²) in [6.07, 6.45) is 4.22. The second-order valence-corrected chi connectivity index (χ2v) is 17.4. The average molecular weight is 625 g/mol. The summed E-state index contributed by atoms with van der Waals surface area (Å²) in [7, 11) is -2.47. The van der Waals surface area contributed by atoms with Crippen molar-refractivity contribution in [1.29, 1.82) is 0 Å². The van der Waals surface area contributed by atoms with Gasteiger partial charge in [0.05, 0.1) is 23.6 Å². The van der Waals surface area contributed by atoms with Crippen molar-refractivity contribution in [2.45, 2.75) is 77.2 Å². The fourth-order valence-corrected chi connectivity index (χ4v) is 5.57. The first-order chi connectivity index (χ1) is 18.0. The van der Waals surface area contributed by atoms with Crippen LogP contribution in [-0.4, -0.2) is 59.8 Å². The van der Waals surface area contributed by atoms with Gasteiger partial charge in [-0.3, -0.25) is 9.78 Å². The zero-order chi connectivity index (χ0) is 29.2. The number of ether oxygens (including phenoxy) is 1. The highest BCUT2D eigenvalue weighted by Gasteiger charge is 2.43. The predicted molar refractivity (Wildman–Crippen MR) is 156 cm³/mol. The molecule has 3 heterocycles.